The number of benzene rings is 3. The molecule has 3 rings (SSSR count). The van der Waals surface area contributed by atoms with Gasteiger partial charge in [0.05, 0.1) is 1.37 Å². The minimum atomic E-state index is -3.00. The van der Waals surface area contributed by atoms with Crippen LogP contribution in [0.25, 0.3) is 0 Å². The van der Waals surface area contributed by atoms with E-state index in [0.717, 1.165) is 10.6 Å². The maximum atomic E-state index is 13.9. The molecule has 3 aromatic rings. The molecule has 0 heterocycles. The number of hydrogen-bond donors (Lipinski definition) is 0. The van der Waals surface area contributed by atoms with Crippen molar-refractivity contribution < 1.29 is 5.94 Å². The van der Waals surface area contributed by atoms with E-state index in [1.807, 2.05) is 66.7 Å². The fraction of sp³-hybridized carbons (Fsp3) is 0. The van der Waals surface area contributed by atoms with Crippen LogP contribution in [0, 0.1) is 0 Å². The van der Waals surface area contributed by atoms with Gasteiger partial charge in [-0.1, -0.05) is 91.0 Å². The van der Waals surface area contributed by atoms with Gasteiger partial charge in [-0.25, -0.2) is 0 Å². The number of rotatable bonds is 3. The summed E-state index contributed by atoms with van der Waals surface area (Å²) < 4.78 is 22.1. The van der Waals surface area contributed by atoms with Crippen LogP contribution < -0.4 is 15.9 Å². The SMILES string of the molecule is [2H]c1ccccc1P(=O)(c1ccccc1)c1ccccc1. The Morgan fingerprint density at radius 3 is 1.45 bits per heavy atom. The Hall–Kier alpha value is -2.11. The van der Waals surface area contributed by atoms with Gasteiger partial charge in [0.2, 0.25) is 0 Å². The molecule has 3 aromatic carbocycles. The Kier molecular flexibility index (Phi) is 3.21. The second kappa shape index (κ2) is 5.48. The Morgan fingerprint density at radius 1 is 0.600 bits per heavy atom. The number of hydrogen-bond acceptors (Lipinski definition) is 1. The third kappa shape index (κ3) is 2.21. The van der Waals surface area contributed by atoms with Gasteiger partial charge in [-0.05, 0) is 0 Å². The van der Waals surface area contributed by atoms with Gasteiger partial charge in [0.15, 0.2) is 7.14 Å². The zero-order valence-electron chi connectivity index (χ0n) is 11.9. The smallest absolute Gasteiger partial charge is 0.171 e. The normalized spacial score (nSPS) is 11.9. The van der Waals surface area contributed by atoms with Crippen LogP contribution in [-0.4, -0.2) is 0 Å². The van der Waals surface area contributed by atoms with Crippen LogP contribution in [0.2, 0.25) is 0 Å². The summed E-state index contributed by atoms with van der Waals surface area (Å²) in [6.45, 7) is 0. The monoisotopic (exact) mass is 279 g/mol. The van der Waals surface area contributed by atoms with E-state index in [2.05, 4.69) is 0 Å². The molecular formula is C18H15OP. The average molecular weight is 279 g/mol. The molecule has 0 aliphatic carbocycles. The molecule has 2 heteroatoms. The highest BCUT2D eigenvalue weighted by molar-refractivity contribution is 7.85. The van der Waals surface area contributed by atoms with Crippen LogP contribution in [0.3, 0.4) is 0 Å². The van der Waals surface area contributed by atoms with E-state index in [1.54, 1.807) is 18.2 Å². The fourth-order valence-electron chi connectivity index (χ4n) is 2.28. The molecule has 98 valence electrons. The topological polar surface area (TPSA) is 17.1 Å². The van der Waals surface area contributed by atoms with Gasteiger partial charge in [0.25, 0.3) is 0 Å². The van der Waals surface area contributed by atoms with Crippen molar-refractivity contribution in [1.82, 2.24) is 0 Å². The predicted octanol–water partition coefficient (Wildman–Crippen LogP) is 3.33. The van der Waals surface area contributed by atoms with Crippen molar-refractivity contribution in [2.24, 2.45) is 0 Å². The highest BCUT2D eigenvalue weighted by Crippen LogP contribution is 2.41. The van der Waals surface area contributed by atoms with Crippen LogP contribution in [0.15, 0.2) is 91.0 Å². The molecule has 0 N–H and O–H groups in total. The lowest BCUT2D eigenvalue weighted by Crippen LogP contribution is -2.24. The van der Waals surface area contributed by atoms with Gasteiger partial charge in [0, 0.05) is 15.9 Å². The van der Waals surface area contributed by atoms with Crippen LogP contribution in [0.5, 0.6) is 0 Å². The van der Waals surface area contributed by atoms with Crippen LogP contribution >= 0.6 is 7.14 Å². The van der Waals surface area contributed by atoms with E-state index in [4.69, 9.17) is 1.37 Å². The summed E-state index contributed by atoms with van der Waals surface area (Å²) in [6.07, 6.45) is 0. The maximum Gasteiger partial charge on any atom is 0.171 e. The lowest BCUT2D eigenvalue weighted by molar-refractivity contribution is 0.592. The van der Waals surface area contributed by atoms with Crippen molar-refractivity contribution in [2.45, 2.75) is 0 Å². The summed E-state index contributed by atoms with van der Waals surface area (Å²) in [7, 11) is -3.00. The maximum absolute atomic E-state index is 13.9. The van der Waals surface area contributed by atoms with Crippen LogP contribution in [0.1, 0.15) is 1.37 Å². The quantitative estimate of drug-likeness (QED) is 0.672. The van der Waals surface area contributed by atoms with Gasteiger partial charge in [0.1, 0.15) is 0 Å². The molecule has 0 spiro atoms. The highest BCUT2D eigenvalue weighted by Gasteiger charge is 2.28. The molecule has 0 saturated heterocycles. The minimum Gasteiger partial charge on any atom is -0.309 e. The van der Waals surface area contributed by atoms with E-state index in [9.17, 15) is 4.57 Å². The Bertz CT molecular complexity index is 741. The molecule has 0 aromatic heterocycles. The highest BCUT2D eigenvalue weighted by atomic mass is 31.2. The molecule has 0 aliphatic rings. The van der Waals surface area contributed by atoms with E-state index in [1.165, 1.54) is 0 Å². The third-order valence-corrected chi connectivity index (χ3v) is 6.28. The van der Waals surface area contributed by atoms with E-state index in [-0.39, 0.29) is 0 Å². The Labute approximate surface area is 120 Å². The molecule has 0 atom stereocenters. The summed E-state index contributed by atoms with van der Waals surface area (Å²) in [5.41, 5.74) is 0. The van der Waals surface area contributed by atoms with E-state index < -0.39 is 7.14 Å². The van der Waals surface area contributed by atoms with Crippen molar-refractivity contribution in [1.29, 1.82) is 0 Å². The first kappa shape index (κ1) is 11.7. The largest absolute Gasteiger partial charge is 0.309 e. The van der Waals surface area contributed by atoms with E-state index in [0.29, 0.717) is 11.3 Å². The predicted molar refractivity (Wildman–Crippen MR) is 85.8 cm³/mol. The first-order chi connectivity index (χ1) is 10.2. The fourth-order valence-corrected chi connectivity index (χ4v) is 4.87. The van der Waals surface area contributed by atoms with Crippen molar-refractivity contribution in [3.63, 3.8) is 0 Å². The Balaban J connectivity index is 2.32. The summed E-state index contributed by atoms with van der Waals surface area (Å²) >= 11 is 0. The molecule has 1 nitrogen and oxygen atoms in total. The van der Waals surface area contributed by atoms with Crippen molar-refractivity contribution >= 4 is 23.1 Å². The zero-order valence-corrected chi connectivity index (χ0v) is 11.8. The molecule has 0 aliphatic heterocycles. The second-order valence-corrected chi connectivity index (χ2v) is 7.26. The average Bonchev–Trinajstić information content (AvgIpc) is 2.56. The molecule has 0 fully saturated rings. The Morgan fingerprint density at radius 2 is 1.00 bits per heavy atom. The molecule has 0 unspecified atom stereocenters. The van der Waals surface area contributed by atoms with Crippen LogP contribution in [0.4, 0.5) is 0 Å². The van der Waals surface area contributed by atoms with E-state index >= 15 is 0 Å². The first-order valence-corrected chi connectivity index (χ1v) is 8.21. The van der Waals surface area contributed by atoms with Gasteiger partial charge in [-0.3, -0.25) is 0 Å². The van der Waals surface area contributed by atoms with Gasteiger partial charge in [-0.2, -0.15) is 0 Å². The minimum absolute atomic E-state index is 0.313. The standard InChI is InChI=1S/C18H15OP/c19-20(16-10-4-1-5-11-16,17-12-6-2-7-13-17)18-14-8-3-9-15-18/h1-15H/i10D. The third-order valence-electron chi connectivity index (χ3n) is 3.27. The summed E-state index contributed by atoms with van der Waals surface area (Å²) in [6, 6.07) is 26.3. The molecule has 20 heavy (non-hydrogen) atoms. The molecule has 0 amide bonds. The molecular weight excluding hydrogens is 263 g/mol. The zero-order chi connectivity index (χ0) is 14.7. The second-order valence-electron chi connectivity index (χ2n) is 4.53. The summed E-state index contributed by atoms with van der Waals surface area (Å²) in [4.78, 5) is 0. The molecule has 0 radical (unpaired) electrons. The van der Waals surface area contributed by atoms with Gasteiger partial charge in [-0.15, -0.1) is 0 Å². The van der Waals surface area contributed by atoms with Crippen LogP contribution in [-0.2, 0) is 4.57 Å². The van der Waals surface area contributed by atoms with Crippen molar-refractivity contribution in [3.05, 3.63) is 91.0 Å². The van der Waals surface area contributed by atoms with Crippen molar-refractivity contribution in [3.8, 4) is 0 Å². The van der Waals surface area contributed by atoms with Crippen molar-refractivity contribution in [2.75, 3.05) is 0 Å². The lowest BCUT2D eigenvalue weighted by atomic mass is 10.4. The summed E-state index contributed by atoms with van der Waals surface area (Å²) in [5.74, 6) is 0. The van der Waals surface area contributed by atoms with Gasteiger partial charge >= 0.3 is 0 Å². The molecule has 0 bridgehead atoms. The summed E-state index contributed by atoms with van der Waals surface area (Å²) in [5, 5.41) is 2.11. The first-order valence-electron chi connectivity index (χ1n) is 7.00. The molecule has 0 saturated carbocycles. The lowest BCUT2D eigenvalue weighted by Gasteiger charge is -2.19. The van der Waals surface area contributed by atoms with Gasteiger partial charge < -0.3 is 4.57 Å².